The molecule has 21 heavy (non-hydrogen) atoms. The Bertz CT molecular complexity index is 601. The molecule has 0 bridgehead atoms. The number of carboxylic acids is 1. The fraction of sp³-hybridized carbons (Fsp3) is 0.294. The maximum Gasteiger partial charge on any atom is 0.308 e. The smallest absolute Gasteiger partial charge is 0.308 e. The maximum absolute atomic E-state index is 11.5. The minimum Gasteiger partial charge on any atom is -0.481 e. The van der Waals surface area contributed by atoms with E-state index < -0.39 is 5.97 Å². The highest BCUT2D eigenvalue weighted by Crippen LogP contribution is 2.38. The first-order valence-corrected chi connectivity index (χ1v) is 7.16. The van der Waals surface area contributed by atoms with Gasteiger partial charge in [0.05, 0.1) is 5.92 Å². The Morgan fingerprint density at radius 2 is 2.05 bits per heavy atom. The molecule has 0 unspecified atom stereocenters. The standard InChI is InChI=1S/C17H18N2O2/c20-17(21)15-8-10-19(12-13-5-4-9-18-11-13)16(15)14-6-2-1-3-7-14/h1-7,9,11,15-16H,8,10,12H2,(H,20,21)/t15-,16-/m0/s1. The molecular weight excluding hydrogens is 264 g/mol. The third-order valence-electron chi connectivity index (χ3n) is 4.07. The van der Waals surface area contributed by atoms with Crippen LogP contribution < -0.4 is 0 Å². The van der Waals surface area contributed by atoms with Crippen molar-refractivity contribution in [2.24, 2.45) is 5.92 Å². The van der Waals surface area contributed by atoms with Gasteiger partial charge in [-0.2, -0.15) is 0 Å². The van der Waals surface area contributed by atoms with Crippen LogP contribution >= 0.6 is 0 Å². The zero-order chi connectivity index (χ0) is 14.7. The van der Waals surface area contributed by atoms with Crippen molar-refractivity contribution in [1.82, 2.24) is 9.88 Å². The number of rotatable bonds is 4. The molecule has 1 N–H and O–H groups in total. The van der Waals surface area contributed by atoms with E-state index in [0.717, 1.165) is 24.2 Å². The molecule has 0 aliphatic carbocycles. The lowest BCUT2D eigenvalue weighted by Gasteiger charge is -2.27. The van der Waals surface area contributed by atoms with Gasteiger partial charge in [-0.05, 0) is 23.6 Å². The van der Waals surface area contributed by atoms with Gasteiger partial charge in [0.15, 0.2) is 0 Å². The van der Waals surface area contributed by atoms with Gasteiger partial charge in [-0.15, -0.1) is 0 Å². The topological polar surface area (TPSA) is 53.4 Å². The Labute approximate surface area is 124 Å². The summed E-state index contributed by atoms with van der Waals surface area (Å²) in [5.74, 6) is -1.05. The lowest BCUT2D eigenvalue weighted by molar-refractivity contribution is -0.142. The molecule has 2 heterocycles. The van der Waals surface area contributed by atoms with E-state index in [-0.39, 0.29) is 12.0 Å². The van der Waals surface area contributed by atoms with Crippen LogP contribution in [-0.2, 0) is 11.3 Å². The van der Waals surface area contributed by atoms with Crippen molar-refractivity contribution in [3.63, 3.8) is 0 Å². The molecule has 1 aromatic carbocycles. The molecule has 4 heteroatoms. The Balaban J connectivity index is 1.87. The highest BCUT2D eigenvalue weighted by Gasteiger charge is 2.39. The lowest BCUT2D eigenvalue weighted by Crippen LogP contribution is -2.28. The second-order valence-corrected chi connectivity index (χ2v) is 5.42. The van der Waals surface area contributed by atoms with Crippen LogP contribution in [0.3, 0.4) is 0 Å². The van der Waals surface area contributed by atoms with Crippen molar-refractivity contribution in [2.75, 3.05) is 6.54 Å². The maximum atomic E-state index is 11.5. The third kappa shape index (κ3) is 2.95. The molecule has 1 aliphatic rings. The SMILES string of the molecule is O=C(O)[C@H]1CCN(Cc2cccnc2)[C@H]1c1ccccc1. The number of likely N-dealkylation sites (tertiary alicyclic amines) is 1. The Morgan fingerprint density at radius 3 is 2.71 bits per heavy atom. The average molecular weight is 282 g/mol. The van der Waals surface area contributed by atoms with Crippen molar-refractivity contribution >= 4 is 5.97 Å². The largest absolute Gasteiger partial charge is 0.481 e. The molecule has 3 rings (SSSR count). The van der Waals surface area contributed by atoms with Gasteiger partial charge in [0.1, 0.15) is 0 Å². The summed E-state index contributed by atoms with van der Waals surface area (Å²) in [5.41, 5.74) is 2.19. The summed E-state index contributed by atoms with van der Waals surface area (Å²) in [4.78, 5) is 17.9. The monoisotopic (exact) mass is 282 g/mol. The Morgan fingerprint density at radius 1 is 1.24 bits per heavy atom. The van der Waals surface area contributed by atoms with Gasteiger partial charge in [0, 0.05) is 31.5 Å². The molecule has 2 aromatic rings. The molecule has 1 aliphatic heterocycles. The second-order valence-electron chi connectivity index (χ2n) is 5.42. The van der Waals surface area contributed by atoms with Gasteiger partial charge in [-0.3, -0.25) is 14.7 Å². The minimum atomic E-state index is -0.711. The van der Waals surface area contributed by atoms with Crippen molar-refractivity contribution in [3.8, 4) is 0 Å². The normalized spacial score (nSPS) is 22.3. The number of aliphatic carboxylic acids is 1. The first kappa shape index (κ1) is 13.8. The van der Waals surface area contributed by atoms with Crippen LogP contribution in [0.5, 0.6) is 0 Å². The molecule has 0 radical (unpaired) electrons. The van der Waals surface area contributed by atoms with E-state index in [1.807, 2.05) is 48.7 Å². The Kier molecular flexibility index (Phi) is 3.97. The predicted molar refractivity (Wildman–Crippen MR) is 79.6 cm³/mol. The quantitative estimate of drug-likeness (QED) is 0.937. The summed E-state index contributed by atoms with van der Waals surface area (Å²) in [7, 11) is 0. The van der Waals surface area contributed by atoms with Gasteiger partial charge in [-0.25, -0.2) is 0 Å². The molecule has 1 aromatic heterocycles. The van der Waals surface area contributed by atoms with Gasteiger partial charge in [0.25, 0.3) is 0 Å². The van der Waals surface area contributed by atoms with Crippen LogP contribution in [0, 0.1) is 5.92 Å². The Hall–Kier alpha value is -2.20. The molecule has 4 nitrogen and oxygen atoms in total. The van der Waals surface area contributed by atoms with Gasteiger partial charge in [-0.1, -0.05) is 36.4 Å². The third-order valence-corrected chi connectivity index (χ3v) is 4.07. The van der Waals surface area contributed by atoms with E-state index >= 15 is 0 Å². The fourth-order valence-electron chi connectivity index (χ4n) is 3.11. The van der Waals surface area contributed by atoms with Crippen molar-refractivity contribution in [2.45, 2.75) is 19.0 Å². The number of carbonyl (C=O) groups is 1. The molecule has 0 spiro atoms. The summed E-state index contributed by atoms with van der Waals surface area (Å²) in [6, 6.07) is 13.8. The van der Waals surface area contributed by atoms with Crippen molar-refractivity contribution in [1.29, 1.82) is 0 Å². The first-order chi connectivity index (χ1) is 10.3. The number of hydrogen-bond donors (Lipinski definition) is 1. The summed E-state index contributed by atoms with van der Waals surface area (Å²) in [6.07, 6.45) is 4.29. The van der Waals surface area contributed by atoms with Crippen LogP contribution in [-0.4, -0.2) is 27.5 Å². The van der Waals surface area contributed by atoms with Crippen molar-refractivity contribution in [3.05, 3.63) is 66.0 Å². The number of nitrogens with zero attached hydrogens (tertiary/aromatic N) is 2. The first-order valence-electron chi connectivity index (χ1n) is 7.16. The summed E-state index contributed by atoms with van der Waals surface area (Å²) < 4.78 is 0. The van der Waals surface area contributed by atoms with Gasteiger partial charge in [0.2, 0.25) is 0 Å². The second kappa shape index (κ2) is 6.06. The number of carboxylic acid groups (broad SMARTS) is 1. The van der Waals surface area contributed by atoms with E-state index in [1.165, 1.54) is 0 Å². The highest BCUT2D eigenvalue weighted by molar-refractivity contribution is 5.71. The predicted octanol–water partition coefficient (Wildman–Crippen LogP) is 2.73. The minimum absolute atomic E-state index is 0.0658. The molecular formula is C17H18N2O2. The average Bonchev–Trinajstić information content (AvgIpc) is 2.93. The van der Waals surface area contributed by atoms with E-state index in [1.54, 1.807) is 6.20 Å². The van der Waals surface area contributed by atoms with Crippen molar-refractivity contribution < 1.29 is 9.90 Å². The number of pyridine rings is 1. The number of hydrogen-bond acceptors (Lipinski definition) is 3. The highest BCUT2D eigenvalue weighted by atomic mass is 16.4. The summed E-state index contributed by atoms with van der Waals surface area (Å²) >= 11 is 0. The molecule has 2 atom stereocenters. The van der Waals surface area contributed by atoms with Gasteiger partial charge >= 0.3 is 5.97 Å². The molecule has 1 saturated heterocycles. The number of benzene rings is 1. The lowest BCUT2D eigenvalue weighted by atomic mass is 9.94. The van der Waals surface area contributed by atoms with E-state index in [0.29, 0.717) is 6.42 Å². The summed E-state index contributed by atoms with van der Waals surface area (Å²) in [5, 5.41) is 9.49. The zero-order valence-corrected chi connectivity index (χ0v) is 11.7. The van der Waals surface area contributed by atoms with Crippen LogP contribution in [0.1, 0.15) is 23.6 Å². The van der Waals surface area contributed by atoms with Crippen LogP contribution in [0.4, 0.5) is 0 Å². The van der Waals surface area contributed by atoms with Crippen LogP contribution in [0.2, 0.25) is 0 Å². The number of aromatic nitrogens is 1. The molecule has 1 fully saturated rings. The van der Waals surface area contributed by atoms with E-state index in [2.05, 4.69) is 9.88 Å². The fourth-order valence-corrected chi connectivity index (χ4v) is 3.11. The van der Waals surface area contributed by atoms with E-state index in [9.17, 15) is 9.90 Å². The molecule has 108 valence electrons. The molecule has 0 amide bonds. The zero-order valence-electron chi connectivity index (χ0n) is 11.7. The van der Waals surface area contributed by atoms with Gasteiger partial charge < -0.3 is 5.11 Å². The van der Waals surface area contributed by atoms with Crippen LogP contribution in [0.15, 0.2) is 54.9 Å². The van der Waals surface area contributed by atoms with Crippen LogP contribution in [0.25, 0.3) is 0 Å². The molecule has 0 saturated carbocycles. The van der Waals surface area contributed by atoms with E-state index in [4.69, 9.17) is 0 Å². The summed E-state index contributed by atoms with van der Waals surface area (Å²) in [6.45, 7) is 1.53.